The van der Waals surface area contributed by atoms with E-state index in [9.17, 15) is 14.7 Å². The second-order valence-electron chi connectivity index (χ2n) is 6.61. The molecule has 1 unspecified atom stereocenters. The molecule has 21 heavy (non-hydrogen) atoms. The molecule has 6 nitrogen and oxygen atoms in total. The van der Waals surface area contributed by atoms with Gasteiger partial charge in [0.25, 0.3) is 0 Å². The van der Waals surface area contributed by atoms with Crippen molar-refractivity contribution in [1.82, 2.24) is 15.5 Å². The minimum atomic E-state index is -0.639. The second kappa shape index (κ2) is 8.34. The third kappa shape index (κ3) is 8.02. The van der Waals surface area contributed by atoms with Crippen molar-refractivity contribution in [3.63, 3.8) is 0 Å². The van der Waals surface area contributed by atoms with Crippen LogP contribution in [0.25, 0.3) is 0 Å². The van der Waals surface area contributed by atoms with E-state index in [0.29, 0.717) is 25.4 Å². The predicted octanol–water partition coefficient (Wildman–Crippen LogP) is 1.10. The summed E-state index contributed by atoms with van der Waals surface area (Å²) in [7, 11) is 0. The Labute approximate surface area is 127 Å². The lowest BCUT2D eigenvalue weighted by Crippen LogP contribution is -2.45. The topological polar surface area (TPSA) is 81.7 Å². The molecule has 6 heteroatoms. The van der Waals surface area contributed by atoms with Crippen LogP contribution >= 0.6 is 0 Å². The van der Waals surface area contributed by atoms with E-state index in [0.717, 1.165) is 25.8 Å². The van der Waals surface area contributed by atoms with Gasteiger partial charge in [0.05, 0.1) is 12.1 Å². The summed E-state index contributed by atoms with van der Waals surface area (Å²) in [6.45, 7) is 8.22. The van der Waals surface area contributed by atoms with Crippen molar-refractivity contribution >= 4 is 11.9 Å². The first-order chi connectivity index (χ1) is 9.78. The van der Waals surface area contributed by atoms with Crippen LogP contribution in [0.5, 0.6) is 0 Å². The Morgan fingerprint density at radius 3 is 2.67 bits per heavy atom. The highest BCUT2D eigenvalue weighted by Gasteiger charge is 2.25. The zero-order valence-electron chi connectivity index (χ0n) is 13.4. The van der Waals surface area contributed by atoms with Crippen molar-refractivity contribution < 1.29 is 14.7 Å². The summed E-state index contributed by atoms with van der Waals surface area (Å²) >= 11 is 0. The standard InChI is InChI=1S/C15H29N3O3/c1-12(2)5-8-16-14(20)17-13(19)11-18-9-4-6-15(3,21)7-10-18/h12,21H,4-11H2,1-3H3,(H2,16,17,19,20). The number of nitrogens with one attached hydrogen (secondary N) is 2. The van der Waals surface area contributed by atoms with Gasteiger partial charge in [-0.05, 0) is 45.1 Å². The van der Waals surface area contributed by atoms with Crippen molar-refractivity contribution in [2.75, 3.05) is 26.2 Å². The summed E-state index contributed by atoms with van der Waals surface area (Å²) in [5.41, 5.74) is -0.639. The van der Waals surface area contributed by atoms with Crippen LogP contribution in [-0.2, 0) is 4.79 Å². The molecule has 0 radical (unpaired) electrons. The SMILES string of the molecule is CC(C)CCNC(=O)NC(=O)CN1CCCC(C)(O)CC1. The lowest BCUT2D eigenvalue weighted by molar-refractivity contribution is -0.121. The monoisotopic (exact) mass is 299 g/mol. The van der Waals surface area contributed by atoms with E-state index in [1.165, 1.54) is 0 Å². The van der Waals surface area contributed by atoms with Gasteiger partial charge in [-0.3, -0.25) is 15.0 Å². The number of rotatable bonds is 5. The van der Waals surface area contributed by atoms with Gasteiger partial charge in [0.15, 0.2) is 0 Å². The van der Waals surface area contributed by atoms with Gasteiger partial charge in [-0.25, -0.2) is 4.79 Å². The molecule has 0 spiro atoms. The Morgan fingerprint density at radius 1 is 1.29 bits per heavy atom. The number of imide groups is 1. The molecule has 122 valence electrons. The van der Waals surface area contributed by atoms with Crippen molar-refractivity contribution in [2.45, 2.75) is 52.1 Å². The number of likely N-dealkylation sites (tertiary alicyclic amines) is 1. The molecular weight excluding hydrogens is 270 g/mol. The van der Waals surface area contributed by atoms with Crippen molar-refractivity contribution in [3.8, 4) is 0 Å². The van der Waals surface area contributed by atoms with Crippen LogP contribution in [0.2, 0.25) is 0 Å². The molecule has 1 fully saturated rings. The average Bonchev–Trinajstić information content (AvgIpc) is 2.50. The zero-order valence-corrected chi connectivity index (χ0v) is 13.4. The number of carbonyl (C=O) groups excluding carboxylic acids is 2. The molecular formula is C15H29N3O3. The van der Waals surface area contributed by atoms with E-state index < -0.39 is 11.6 Å². The highest BCUT2D eigenvalue weighted by Crippen LogP contribution is 2.20. The van der Waals surface area contributed by atoms with Crippen LogP contribution < -0.4 is 10.6 Å². The van der Waals surface area contributed by atoms with Crippen LogP contribution in [0.15, 0.2) is 0 Å². The number of nitrogens with zero attached hydrogens (tertiary/aromatic N) is 1. The first-order valence-corrected chi connectivity index (χ1v) is 7.81. The van der Waals surface area contributed by atoms with Gasteiger partial charge < -0.3 is 10.4 Å². The first kappa shape index (κ1) is 17.9. The zero-order chi connectivity index (χ0) is 15.9. The second-order valence-corrected chi connectivity index (χ2v) is 6.61. The molecule has 0 saturated carbocycles. The number of hydrogen-bond acceptors (Lipinski definition) is 4. The van der Waals surface area contributed by atoms with Crippen LogP contribution in [-0.4, -0.2) is 53.7 Å². The van der Waals surface area contributed by atoms with Crippen LogP contribution in [0, 0.1) is 5.92 Å². The Bertz CT molecular complexity index is 356. The molecule has 0 aromatic carbocycles. The van der Waals surface area contributed by atoms with Crippen LogP contribution in [0.1, 0.15) is 46.5 Å². The van der Waals surface area contributed by atoms with E-state index in [2.05, 4.69) is 24.5 Å². The minimum absolute atomic E-state index is 0.202. The fraction of sp³-hybridized carbons (Fsp3) is 0.867. The third-order valence-electron chi connectivity index (χ3n) is 3.78. The van der Waals surface area contributed by atoms with E-state index in [1.807, 2.05) is 11.8 Å². The maximum Gasteiger partial charge on any atom is 0.321 e. The summed E-state index contributed by atoms with van der Waals surface area (Å²) in [6.07, 6.45) is 3.16. The number of urea groups is 1. The highest BCUT2D eigenvalue weighted by atomic mass is 16.3. The van der Waals surface area contributed by atoms with E-state index in [4.69, 9.17) is 0 Å². The van der Waals surface area contributed by atoms with Gasteiger partial charge in [0, 0.05) is 13.1 Å². The number of amides is 3. The van der Waals surface area contributed by atoms with Crippen molar-refractivity contribution in [2.24, 2.45) is 5.92 Å². The number of aliphatic hydroxyl groups is 1. The highest BCUT2D eigenvalue weighted by molar-refractivity contribution is 5.95. The van der Waals surface area contributed by atoms with Gasteiger partial charge in [-0.15, -0.1) is 0 Å². The van der Waals surface area contributed by atoms with Crippen molar-refractivity contribution in [1.29, 1.82) is 0 Å². The molecule has 1 aliphatic rings. The lowest BCUT2D eigenvalue weighted by Gasteiger charge is -2.21. The molecule has 0 aromatic rings. The predicted molar refractivity (Wildman–Crippen MR) is 81.9 cm³/mol. The third-order valence-corrected chi connectivity index (χ3v) is 3.78. The van der Waals surface area contributed by atoms with Crippen LogP contribution in [0.3, 0.4) is 0 Å². The average molecular weight is 299 g/mol. The fourth-order valence-corrected chi connectivity index (χ4v) is 2.37. The molecule has 1 heterocycles. The molecule has 1 rings (SSSR count). The fourth-order valence-electron chi connectivity index (χ4n) is 2.37. The first-order valence-electron chi connectivity index (χ1n) is 7.81. The normalized spacial score (nSPS) is 23.7. The van der Waals surface area contributed by atoms with E-state index in [-0.39, 0.29) is 12.5 Å². The molecule has 1 aliphatic heterocycles. The summed E-state index contributed by atoms with van der Waals surface area (Å²) in [5, 5.41) is 15.0. The van der Waals surface area contributed by atoms with E-state index in [1.54, 1.807) is 0 Å². The summed E-state index contributed by atoms with van der Waals surface area (Å²) in [4.78, 5) is 25.3. The Balaban J connectivity index is 2.25. The maximum absolute atomic E-state index is 11.8. The number of hydrogen-bond donors (Lipinski definition) is 3. The Morgan fingerprint density at radius 2 is 2.00 bits per heavy atom. The molecule has 3 amide bonds. The van der Waals surface area contributed by atoms with Crippen LogP contribution in [0.4, 0.5) is 4.79 Å². The molecule has 0 bridgehead atoms. The van der Waals surface area contributed by atoms with Crippen molar-refractivity contribution in [3.05, 3.63) is 0 Å². The van der Waals surface area contributed by atoms with Gasteiger partial charge >= 0.3 is 6.03 Å². The molecule has 1 saturated heterocycles. The van der Waals surface area contributed by atoms with E-state index >= 15 is 0 Å². The lowest BCUT2D eigenvalue weighted by atomic mass is 9.98. The van der Waals surface area contributed by atoms with Gasteiger partial charge in [0.1, 0.15) is 0 Å². The molecule has 0 aliphatic carbocycles. The summed E-state index contributed by atoms with van der Waals surface area (Å²) in [5.74, 6) is 0.226. The van der Waals surface area contributed by atoms with Gasteiger partial charge in [-0.1, -0.05) is 13.8 Å². The van der Waals surface area contributed by atoms with Gasteiger partial charge in [0.2, 0.25) is 5.91 Å². The quantitative estimate of drug-likeness (QED) is 0.710. The smallest absolute Gasteiger partial charge is 0.321 e. The molecule has 0 aromatic heterocycles. The largest absolute Gasteiger partial charge is 0.390 e. The Kier molecular flexibility index (Phi) is 7.11. The summed E-state index contributed by atoms with van der Waals surface area (Å²) in [6, 6.07) is -0.428. The molecule has 1 atom stereocenters. The Hall–Kier alpha value is -1.14. The minimum Gasteiger partial charge on any atom is -0.390 e. The van der Waals surface area contributed by atoms with Gasteiger partial charge in [-0.2, -0.15) is 0 Å². The number of carbonyl (C=O) groups is 2. The maximum atomic E-state index is 11.8. The molecule has 3 N–H and O–H groups in total. The summed E-state index contributed by atoms with van der Waals surface area (Å²) < 4.78 is 0.